The average molecular weight is 229 g/mol. The number of nitrogens with one attached hydrogen (secondary N) is 1. The highest BCUT2D eigenvalue weighted by molar-refractivity contribution is 5.89. The quantitative estimate of drug-likeness (QED) is 0.633. The van der Waals surface area contributed by atoms with Crippen LogP contribution in [-0.2, 0) is 4.79 Å². The van der Waals surface area contributed by atoms with Gasteiger partial charge in [-0.05, 0) is 19.1 Å². The zero-order valence-electron chi connectivity index (χ0n) is 9.32. The van der Waals surface area contributed by atoms with Crippen molar-refractivity contribution in [2.24, 2.45) is 0 Å². The Labute approximate surface area is 97.5 Å². The van der Waals surface area contributed by atoms with E-state index in [1.807, 2.05) is 0 Å². The minimum atomic E-state index is -0.559. The normalized spacial score (nSPS) is 10.2. The molecule has 17 heavy (non-hydrogen) atoms. The molecule has 0 saturated carbocycles. The van der Waals surface area contributed by atoms with E-state index in [1.165, 1.54) is 6.07 Å². The predicted octanol–water partition coefficient (Wildman–Crippen LogP) is 2.01. The van der Waals surface area contributed by atoms with Gasteiger partial charge in [-0.25, -0.2) is 4.79 Å². The van der Waals surface area contributed by atoms with Gasteiger partial charge in [0.2, 0.25) is 5.88 Å². The Bertz CT molecular complexity index is 655. The number of hydrogen-bond acceptors (Lipinski definition) is 3. The fourth-order valence-electron chi connectivity index (χ4n) is 1.41. The summed E-state index contributed by atoms with van der Waals surface area (Å²) in [7, 11) is 0. The van der Waals surface area contributed by atoms with Gasteiger partial charge in [0.05, 0.1) is 5.52 Å². The number of aromatic amines is 1. The minimum absolute atomic E-state index is 0.127. The monoisotopic (exact) mass is 229 g/mol. The van der Waals surface area contributed by atoms with Crippen molar-refractivity contribution in [1.29, 1.82) is 0 Å². The molecule has 86 valence electrons. The van der Waals surface area contributed by atoms with E-state index >= 15 is 0 Å². The van der Waals surface area contributed by atoms with Crippen LogP contribution in [0.25, 0.3) is 10.9 Å². The fraction of sp³-hybridized carbons (Fsp3) is 0.0769. The Balaban J connectivity index is 2.47. The standard InChI is InChI=1S/C13H11NO3/c1-8(2)13(16)17-12-7-11(15)9-5-3-4-6-10(9)14-12/h3-7H,1H2,2H3,(H,14,15). The molecule has 1 heterocycles. The van der Waals surface area contributed by atoms with Gasteiger partial charge < -0.3 is 9.72 Å². The second-order valence-electron chi connectivity index (χ2n) is 3.71. The van der Waals surface area contributed by atoms with Crippen molar-refractivity contribution in [3.8, 4) is 5.88 Å². The number of esters is 1. The number of para-hydroxylation sites is 1. The topological polar surface area (TPSA) is 59.2 Å². The number of carbonyl (C=O) groups excluding carboxylic acids is 1. The first-order valence-corrected chi connectivity index (χ1v) is 5.07. The second kappa shape index (κ2) is 4.25. The van der Waals surface area contributed by atoms with Crippen LogP contribution in [0.2, 0.25) is 0 Å². The molecule has 0 radical (unpaired) electrons. The fourth-order valence-corrected chi connectivity index (χ4v) is 1.41. The third-order valence-electron chi connectivity index (χ3n) is 2.26. The summed E-state index contributed by atoms with van der Waals surface area (Å²) in [6.45, 7) is 5.01. The van der Waals surface area contributed by atoms with Crippen LogP contribution < -0.4 is 10.2 Å². The van der Waals surface area contributed by atoms with Crippen LogP contribution in [0.1, 0.15) is 6.92 Å². The van der Waals surface area contributed by atoms with Crippen LogP contribution >= 0.6 is 0 Å². The lowest BCUT2D eigenvalue weighted by molar-refractivity contribution is -0.130. The van der Waals surface area contributed by atoms with E-state index in [0.717, 1.165) is 0 Å². The molecule has 0 spiro atoms. The molecule has 1 aromatic heterocycles. The number of ether oxygens (including phenoxy) is 1. The number of hydrogen-bond donors (Lipinski definition) is 1. The minimum Gasteiger partial charge on any atom is -0.406 e. The van der Waals surface area contributed by atoms with Gasteiger partial charge in [0.25, 0.3) is 0 Å². The lowest BCUT2D eigenvalue weighted by Gasteiger charge is -2.04. The maximum atomic E-state index is 11.7. The number of aromatic nitrogens is 1. The summed E-state index contributed by atoms with van der Waals surface area (Å²) >= 11 is 0. The molecule has 0 atom stereocenters. The Morgan fingerprint density at radius 1 is 1.35 bits per heavy atom. The Morgan fingerprint density at radius 2 is 2.06 bits per heavy atom. The van der Waals surface area contributed by atoms with Gasteiger partial charge in [-0.3, -0.25) is 4.79 Å². The van der Waals surface area contributed by atoms with Crippen LogP contribution in [0.5, 0.6) is 5.88 Å². The highest BCUT2D eigenvalue weighted by Gasteiger charge is 2.07. The van der Waals surface area contributed by atoms with Crippen molar-refractivity contribution in [3.05, 3.63) is 52.7 Å². The first-order chi connectivity index (χ1) is 8.08. The van der Waals surface area contributed by atoms with Crippen LogP contribution in [0.15, 0.2) is 47.3 Å². The summed E-state index contributed by atoms with van der Waals surface area (Å²) in [6.07, 6.45) is 0. The largest absolute Gasteiger partial charge is 0.406 e. The number of carbonyl (C=O) groups is 1. The van der Waals surface area contributed by atoms with Crippen LogP contribution in [0.4, 0.5) is 0 Å². The van der Waals surface area contributed by atoms with Gasteiger partial charge in [-0.2, -0.15) is 0 Å². The van der Waals surface area contributed by atoms with Gasteiger partial charge in [0.15, 0.2) is 5.43 Å². The van der Waals surface area contributed by atoms with Crippen molar-refractivity contribution in [2.75, 3.05) is 0 Å². The molecule has 0 fully saturated rings. The first-order valence-electron chi connectivity index (χ1n) is 5.07. The van der Waals surface area contributed by atoms with Gasteiger partial charge >= 0.3 is 5.97 Å². The van der Waals surface area contributed by atoms with Crippen molar-refractivity contribution < 1.29 is 9.53 Å². The van der Waals surface area contributed by atoms with E-state index in [0.29, 0.717) is 10.9 Å². The van der Waals surface area contributed by atoms with Crippen molar-refractivity contribution >= 4 is 16.9 Å². The highest BCUT2D eigenvalue weighted by Crippen LogP contribution is 2.12. The molecule has 2 rings (SSSR count). The Morgan fingerprint density at radius 3 is 2.76 bits per heavy atom. The summed E-state index contributed by atoms with van der Waals surface area (Å²) in [5.41, 5.74) is 0.715. The van der Waals surface area contributed by atoms with E-state index in [4.69, 9.17) is 4.74 Å². The highest BCUT2D eigenvalue weighted by atomic mass is 16.5. The van der Waals surface area contributed by atoms with E-state index in [9.17, 15) is 9.59 Å². The van der Waals surface area contributed by atoms with Crippen LogP contribution in [0.3, 0.4) is 0 Å². The molecule has 0 unspecified atom stereocenters. The lowest BCUT2D eigenvalue weighted by Crippen LogP contribution is -2.12. The van der Waals surface area contributed by atoms with Gasteiger partial charge in [-0.15, -0.1) is 0 Å². The number of rotatable bonds is 2. The third-order valence-corrected chi connectivity index (χ3v) is 2.26. The maximum absolute atomic E-state index is 11.7. The average Bonchev–Trinajstić information content (AvgIpc) is 2.29. The van der Waals surface area contributed by atoms with Crippen LogP contribution in [-0.4, -0.2) is 11.0 Å². The lowest BCUT2D eigenvalue weighted by atomic mass is 10.2. The summed E-state index contributed by atoms with van der Waals surface area (Å²) in [4.78, 5) is 25.9. The first kappa shape index (κ1) is 11.1. The number of benzene rings is 1. The Hall–Kier alpha value is -2.36. The number of H-pyrrole nitrogens is 1. The zero-order chi connectivity index (χ0) is 12.4. The van der Waals surface area contributed by atoms with E-state index in [-0.39, 0.29) is 16.9 Å². The molecule has 4 nitrogen and oxygen atoms in total. The predicted molar refractivity (Wildman–Crippen MR) is 65.0 cm³/mol. The molecule has 0 amide bonds. The molecule has 0 saturated heterocycles. The molecular formula is C13H11NO3. The molecule has 0 aliphatic carbocycles. The smallest absolute Gasteiger partial charge is 0.339 e. The molecule has 2 aromatic rings. The van der Waals surface area contributed by atoms with E-state index < -0.39 is 5.97 Å². The maximum Gasteiger partial charge on any atom is 0.339 e. The molecule has 4 heteroatoms. The van der Waals surface area contributed by atoms with Gasteiger partial charge in [-0.1, -0.05) is 18.7 Å². The summed E-state index contributed by atoms with van der Waals surface area (Å²) in [5, 5.41) is 0.558. The molecule has 0 aliphatic rings. The molecule has 0 aliphatic heterocycles. The van der Waals surface area contributed by atoms with Crippen molar-refractivity contribution in [3.63, 3.8) is 0 Å². The van der Waals surface area contributed by atoms with Crippen molar-refractivity contribution in [2.45, 2.75) is 6.92 Å². The number of pyridine rings is 1. The van der Waals surface area contributed by atoms with E-state index in [1.54, 1.807) is 31.2 Å². The molecule has 1 aromatic carbocycles. The summed E-state index contributed by atoms with van der Waals surface area (Å²) in [6, 6.07) is 8.27. The summed E-state index contributed by atoms with van der Waals surface area (Å²) in [5.74, 6) is -0.433. The Kier molecular flexibility index (Phi) is 2.78. The van der Waals surface area contributed by atoms with Gasteiger partial charge in [0, 0.05) is 17.0 Å². The zero-order valence-corrected chi connectivity index (χ0v) is 9.32. The third kappa shape index (κ3) is 2.25. The summed E-state index contributed by atoms with van der Waals surface area (Å²) < 4.78 is 4.97. The van der Waals surface area contributed by atoms with Gasteiger partial charge in [0.1, 0.15) is 0 Å². The second-order valence-corrected chi connectivity index (χ2v) is 3.71. The van der Waals surface area contributed by atoms with Crippen molar-refractivity contribution in [1.82, 2.24) is 4.98 Å². The molecule has 1 N–H and O–H groups in total. The van der Waals surface area contributed by atoms with Crippen LogP contribution in [0, 0.1) is 0 Å². The molecular weight excluding hydrogens is 218 g/mol. The van der Waals surface area contributed by atoms with E-state index in [2.05, 4.69) is 11.6 Å². The SMILES string of the molecule is C=C(C)C(=O)Oc1cc(=O)c2ccccc2[nH]1. The molecule has 0 bridgehead atoms. The number of fused-ring (bicyclic) bond motifs is 1.